The molecule has 11 atom stereocenters. The Morgan fingerprint density at radius 2 is 1.69 bits per heavy atom. The van der Waals surface area contributed by atoms with Crippen LogP contribution in [0.15, 0.2) is 12.2 Å². The van der Waals surface area contributed by atoms with E-state index >= 15 is 0 Å². The van der Waals surface area contributed by atoms with Gasteiger partial charge >= 0.3 is 0 Å². The Balaban J connectivity index is 1.44. The van der Waals surface area contributed by atoms with E-state index in [1.807, 2.05) is 7.11 Å². The lowest BCUT2D eigenvalue weighted by molar-refractivity contribution is -0.227. The van der Waals surface area contributed by atoms with Gasteiger partial charge in [-0.25, -0.2) is 0 Å². The molecule has 3 nitrogen and oxygen atoms in total. The Labute approximate surface area is 196 Å². The zero-order valence-corrected chi connectivity index (χ0v) is 21.7. The van der Waals surface area contributed by atoms with Crippen molar-refractivity contribution in [3.05, 3.63) is 12.2 Å². The molecule has 4 aliphatic carbocycles. The van der Waals surface area contributed by atoms with Crippen LogP contribution in [-0.2, 0) is 9.47 Å². The van der Waals surface area contributed by atoms with E-state index in [1.165, 1.54) is 25.7 Å². The number of rotatable bonds is 5. The summed E-state index contributed by atoms with van der Waals surface area (Å²) >= 11 is 0. The van der Waals surface area contributed by atoms with Crippen molar-refractivity contribution in [2.45, 2.75) is 116 Å². The van der Waals surface area contributed by atoms with E-state index in [9.17, 15) is 5.11 Å². The second-order valence-electron chi connectivity index (χ2n) is 13.4. The normalized spacial score (nSPS) is 54.0. The third kappa shape index (κ3) is 2.95. The van der Waals surface area contributed by atoms with Gasteiger partial charge in [0, 0.05) is 25.4 Å². The molecule has 182 valence electrons. The van der Waals surface area contributed by atoms with Crippen molar-refractivity contribution in [2.75, 3.05) is 7.11 Å². The van der Waals surface area contributed by atoms with Gasteiger partial charge in [0.2, 0.25) is 0 Å². The highest BCUT2D eigenvalue weighted by Gasteiger charge is 2.80. The first-order valence-corrected chi connectivity index (χ1v) is 13.6. The summed E-state index contributed by atoms with van der Waals surface area (Å²) in [5, 5.41) is 10.5. The SMILES string of the molecule is CO[C@]12C[C@@H]3O[C@@]34C[C@@H](O)CC[C@]4(C)[C@H]1CC[C@]1(C)[C@@H]([C@H](C)C=C[C@H](C)C(C)C)CC[C@H]12. The van der Waals surface area contributed by atoms with Gasteiger partial charge in [0.15, 0.2) is 0 Å². The molecule has 3 heteroatoms. The molecule has 1 N–H and O–H groups in total. The van der Waals surface area contributed by atoms with Gasteiger partial charge in [0.05, 0.1) is 17.8 Å². The highest BCUT2D eigenvalue weighted by atomic mass is 16.6. The Bertz CT molecular complexity index is 762. The third-order valence-electron chi connectivity index (χ3n) is 11.9. The molecule has 1 heterocycles. The summed E-state index contributed by atoms with van der Waals surface area (Å²) in [5.74, 6) is 3.88. The highest BCUT2D eigenvalue weighted by Crippen LogP contribution is 2.76. The van der Waals surface area contributed by atoms with Crippen LogP contribution < -0.4 is 0 Å². The van der Waals surface area contributed by atoms with Crippen LogP contribution in [0.1, 0.15) is 92.9 Å². The Hall–Kier alpha value is -0.380. The molecule has 0 aromatic heterocycles. The quantitative estimate of drug-likeness (QED) is 0.394. The van der Waals surface area contributed by atoms with Crippen LogP contribution in [0.3, 0.4) is 0 Å². The molecule has 4 saturated carbocycles. The van der Waals surface area contributed by atoms with Crippen molar-refractivity contribution in [3.8, 4) is 0 Å². The molecule has 32 heavy (non-hydrogen) atoms. The number of allylic oxidation sites excluding steroid dienone is 2. The van der Waals surface area contributed by atoms with E-state index in [2.05, 4.69) is 53.7 Å². The van der Waals surface area contributed by atoms with E-state index in [-0.39, 0.29) is 28.8 Å². The lowest BCUT2D eigenvalue weighted by atomic mass is 9.42. The van der Waals surface area contributed by atoms with E-state index in [0.29, 0.717) is 35.0 Å². The van der Waals surface area contributed by atoms with Gasteiger partial charge in [-0.3, -0.25) is 0 Å². The van der Waals surface area contributed by atoms with Crippen molar-refractivity contribution >= 4 is 0 Å². The van der Waals surface area contributed by atoms with Crippen LogP contribution in [0.4, 0.5) is 0 Å². The summed E-state index contributed by atoms with van der Waals surface area (Å²) in [6.07, 6.45) is 14.2. The van der Waals surface area contributed by atoms with Crippen molar-refractivity contribution in [3.63, 3.8) is 0 Å². The predicted molar refractivity (Wildman–Crippen MR) is 129 cm³/mol. The lowest BCUT2D eigenvalue weighted by Gasteiger charge is -2.64. The van der Waals surface area contributed by atoms with Gasteiger partial charge in [0.1, 0.15) is 5.60 Å². The maximum absolute atomic E-state index is 10.5. The molecule has 0 bridgehead atoms. The fourth-order valence-corrected chi connectivity index (χ4v) is 9.68. The number of hydrogen-bond donors (Lipinski definition) is 1. The summed E-state index contributed by atoms with van der Waals surface area (Å²) in [6.45, 7) is 14.6. The second-order valence-corrected chi connectivity index (χ2v) is 13.4. The average Bonchev–Trinajstić information content (AvgIpc) is 3.31. The number of methoxy groups -OCH3 is 1. The molecule has 0 aromatic rings. The molecular formula is C29H48O3. The maximum Gasteiger partial charge on any atom is 0.103 e. The van der Waals surface area contributed by atoms with Gasteiger partial charge in [-0.05, 0) is 79.4 Å². The Morgan fingerprint density at radius 3 is 2.38 bits per heavy atom. The minimum atomic E-state index is -0.186. The first-order chi connectivity index (χ1) is 15.0. The van der Waals surface area contributed by atoms with E-state index in [1.54, 1.807) is 0 Å². The van der Waals surface area contributed by atoms with Gasteiger partial charge in [-0.2, -0.15) is 0 Å². The zero-order chi connectivity index (χ0) is 23.1. The smallest absolute Gasteiger partial charge is 0.103 e. The summed E-state index contributed by atoms with van der Waals surface area (Å²) < 4.78 is 13.2. The second kappa shape index (κ2) is 7.56. The number of epoxide rings is 1. The van der Waals surface area contributed by atoms with Crippen LogP contribution in [-0.4, -0.2) is 35.6 Å². The molecule has 0 aromatic carbocycles. The average molecular weight is 445 g/mol. The minimum absolute atomic E-state index is 0.0574. The van der Waals surface area contributed by atoms with Crippen molar-refractivity contribution in [1.82, 2.24) is 0 Å². The molecule has 0 amide bonds. The maximum atomic E-state index is 10.5. The standard InChI is InChI=1S/C29H48O3/c1-18(2)19(3)8-9-20(4)22-10-11-23-26(22,5)14-13-24-27(6)15-12-21(30)16-29(27)25(32-29)17-28(23,24)31-7/h8-9,18-25,30H,10-17H2,1-7H3/t19-,20+,21-,22+,23+,24+,25-,26+,27+,28-,29-/m0/s1. The molecular weight excluding hydrogens is 396 g/mol. The number of hydrogen-bond acceptors (Lipinski definition) is 3. The Kier molecular flexibility index (Phi) is 5.52. The number of aliphatic hydroxyl groups excluding tert-OH is 1. The summed E-state index contributed by atoms with van der Waals surface area (Å²) in [4.78, 5) is 0. The van der Waals surface area contributed by atoms with Gasteiger partial charge in [-0.1, -0.05) is 53.7 Å². The van der Waals surface area contributed by atoms with Crippen LogP contribution in [0.25, 0.3) is 0 Å². The van der Waals surface area contributed by atoms with Crippen molar-refractivity contribution in [2.24, 2.45) is 46.3 Å². The molecule has 0 radical (unpaired) electrons. The third-order valence-corrected chi connectivity index (χ3v) is 11.9. The Morgan fingerprint density at radius 1 is 0.938 bits per heavy atom. The van der Waals surface area contributed by atoms with Gasteiger partial charge in [0.25, 0.3) is 0 Å². The van der Waals surface area contributed by atoms with Crippen LogP contribution in [0.5, 0.6) is 0 Å². The van der Waals surface area contributed by atoms with E-state index in [4.69, 9.17) is 9.47 Å². The largest absolute Gasteiger partial charge is 0.393 e. The summed E-state index contributed by atoms with van der Waals surface area (Å²) in [7, 11) is 2.00. The number of fused-ring (bicyclic) bond motifs is 4. The lowest BCUT2D eigenvalue weighted by Crippen LogP contribution is -2.67. The molecule has 1 saturated heterocycles. The first kappa shape index (κ1) is 23.4. The van der Waals surface area contributed by atoms with Crippen LogP contribution >= 0.6 is 0 Å². The van der Waals surface area contributed by atoms with E-state index < -0.39 is 0 Å². The highest BCUT2D eigenvalue weighted by molar-refractivity contribution is 5.29. The number of ether oxygens (including phenoxy) is 2. The molecule has 1 aliphatic heterocycles. The fourth-order valence-electron chi connectivity index (χ4n) is 9.68. The molecule has 1 spiro atoms. The molecule has 5 fully saturated rings. The van der Waals surface area contributed by atoms with Crippen molar-refractivity contribution < 1.29 is 14.6 Å². The number of aliphatic hydroxyl groups is 1. The fraction of sp³-hybridized carbons (Fsp3) is 0.931. The van der Waals surface area contributed by atoms with Gasteiger partial charge in [-0.15, -0.1) is 0 Å². The molecule has 0 unspecified atom stereocenters. The van der Waals surface area contributed by atoms with E-state index in [0.717, 1.165) is 31.6 Å². The molecule has 5 aliphatic rings. The summed E-state index contributed by atoms with van der Waals surface area (Å²) in [5.41, 5.74) is 0.351. The van der Waals surface area contributed by atoms with Crippen LogP contribution in [0.2, 0.25) is 0 Å². The zero-order valence-electron chi connectivity index (χ0n) is 21.7. The predicted octanol–water partition coefficient (Wildman–Crippen LogP) is 6.39. The van der Waals surface area contributed by atoms with Crippen molar-refractivity contribution in [1.29, 1.82) is 0 Å². The first-order valence-electron chi connectivity index (χ1n) is 13.6. The van der Waals surface area contributed by atoms with Crippen LogP contribution in [0, 0.1) is 46.3 Å². The monoisotopic (exact) mass is 444 g/mol. The molecule has 5 rings (SSSR count). The minimum Gasteiger partial charge on any atom is -0.393 e. The topological polar surface area (TPSA) is 42.0 Å². The van der Waals surface area contributed by atoms with Gasteiger partial charge < -0.3 is 14.6 Å². The summed E-state index contributed by atoms with van der Waals surface area (Å²) in [6, 6.07) is 0.